The minimum Gasteiger partial charge on any atom is -0.311 e. The highest BCUT2D eigenvalue weighted by Crippen LogP contribution is 2.42. The molecule has 0 fully saturated rings. The van der Waals surface area contributed by atoms with Crippen molar-refractivity contribution in [3.63, 3.8) is 0 Å². The second-order valence-electron chi connectivity index (χ2n) is 17.4. The molecule has 0 spiro atoms. The molecule has 332 valence electrons. The minimum absolute atomic E-state index is 1.08. The minimum atomic E-state index is 1.08. The van der Waals surface area contributed by atoms with Crippen molar-refractivity contribution in [2.24, 2.45) is 0 Å². The molecule has 0 unspecified atom stereocenters. The summed E-state index contributed by atoms with van der Waals surface area (Å²) in [5.41, 5.74) is 17.0. The molecule has 12 rings (SSSR count). The summed E-state index contributed by atoms with van der Waals surface area (Å²) in [5, 5.41) is 2.62. The van der Waals surface area contributed by atoms with Crippen LogP contribution in [-0.2, 0) is 0 Å². The van der Waals surface area contributed by atoms with Crippen LogP contribution in [0.5, 0.6) is 0 Å². The first-order chi connectivity index (χ1) is 34.7. The summed E-state index contributed by atoms with van der Waals surface area (Å²) in [6, 6.07) is 102. The van der Waals surface area contributed by atoms with Crippen LogP contribution in [0.25, 0.3) is 53.6 Å². The van der Waals surface area contributed by atoms with Crippen LogP contribution in [0, 0.1) is 0 Å². The summed E-state index contributed by atoms with van der Waals surface area (Å²) in [4.78, 5) is 6.95. The highest BCUT2D eigenvalue weighted by atomic mass is 32.1. The topological polar surface area (TPSA) is 9.72 Å². The van der Waals surface area contributed by atoms with E-state index in [1.807, 2.05) is 11.3 Å². The Bertz CT molecular complexity index is 3400. The molecule has 4 heteroatoms. The largest absolute Gasteiger partial charge is 0.311 e. The summed E-state index contributed by atoms with van der Waals surface area (Å²) in [6.07, 6.45) is 0. The molecule has 0 radical (unpaired) electrons. The standard InChI is InChI=1S/C66H47N3S/c1-5-15-54(16-6-1)67(55-17-7-2-8-18-55)58-36-25-48(26-37-58)50-29-40-60(41-30-50)69(62-44-33-52(34-45-62)53-35-46-66-64(47-53)63-23-13-14-24-65(63)70-66)61-42-31-51(32-43-61)49-27-38-59(39-28-49)68(56-19-9-3-10-20-56)57-21-11-4-12-22-57/h1-47H. The lowest BCUT2D eigenvalue weighted by Gasteiger charge is -2.27. The zero-order valence-corrected chi connectivity index (χ0v) is 39.2. The van der Waals surface area contributed by atoms with Crippen molar-refractivity contribution in [3.8, 4) is 33.4 Å². The number of rotatable bonds is 12. The van der Waals surface area contributed by atoms with Crippen molar-refractivity contribution >= 4 is 82.7 Å². The summed E-state index contributed by atoms with van der Waals surface area (Å²) in [6.45, 7) is 0. The Kier molecular flexibility index (Phi) is 11.5. The second-order valence-corrected chi connectivity index (χ2v) is 18.5. The molecule has 0 bridgehead atoms. The lowest BCUT2D eigenvalue weighted by atomic mass is 10.0. The fraction of sp³-hybridized carbons (Fsp3) is 0. The number of anilines is 9. The normalized spacial score (nSPS) is 11.1. The average molecular weight is 914 g/mol. The van der Waals surface area contributed by atoms with E-state index < -0.39 is 0 Å². The average Bonchev–Trinajstić information content (AvgIpc) is 3.82. The quantitative estimate of drug-likeness (QED) is 0.121. The molecule has 1 heterocycles. The van der Waals surface area contributed by atoms with E-state index in [-0.39, 0.29) is 0 Å². The van der Waals surface area contributed by atoms with Crippen LogP contribution >= 0.6 is 11.3 Å². The summed E-state index contributed by atoms with van der Waals surface area (Å²) in [7, 11) is 0. The van der Waals surface area contributed by atoms with Crippen LogP contribution < -0.4 is 14.7 Å². The molecular formula is C66H47N3S. The zero-order valence-electron chi connectivity index (χ0n) is 38.4. The van der Waals surface area contributed by atoms with Gasteiger partial charge in [0.2, 0.25) is 0 Å². The molecule has 0 aliphatic carbocycles. The molecule has 12 aromatic rings. The van der Waals surface area contributed by atoms with E-state index in [1.165, 1.54) is 31.3 Å². The maximum Gasteiger partial charge on any atom is 0.0462 e. The molecule has 0 amide bonds. The molecule has 3 nitrogen and oxygen atoms in total. The number of benzene rings is 11. The lowest BCUT2D eigenvalue weighted by Crippen LogP contribution is -2.10. The fourth-order valence-corrected chi connectivity index (χ4v) is 10.7. The Labute approximate surface area is 413 Å². The molecule has 0 aliphatic heterocycles. The van der Waals surface area contributed by atoms with Crippen molar-refractivity contribution in [1.29, 1.82) is 0 Å². The van der Waals surface area contributed by atoms with Gasteiger partial charge in [0.25, 0.3) is 0 Å². The third kappa shape index (κ3) is 8.49. The van der Waals surface area contributed by atoms with Crippen molar-refractivity contribution in [3.05, 3.63) is 285 Å². The number of para-hydroxylation sites is 4. The number of nitrogens with zero attached hydrogens (tertiary/aromatic N) is 3. The monoisotopic (exact) mass is 913 g/mol. The van der Waals surface area contributed by atoms with Gasteiger partial charge in [0.1, 0.15) is 0 Å². The van der Waals surface area contributed by atoms with Crippen LogP contribution in [0.3, 0.4) is 0 Å². The number of hydrogen-bond donors (Lipinski definition) is 0. The third-order valence-corrected chi connectivity index (χ3v) is 14.2. The van der Waals surface area contributed by atoms with Crippen LogP contribution in [0.2, 0.25) is 0 Å². The maximum atomic E-state index is 2.36. The van der Waals surface area contributed by atoms with Gasteiger partial charge in [-0.05, 0) is 161 Å². The smallest absolute Gasteiger partial charge is 0.0462 e. The molecule has 0 saturated carbocycles. The first kappa shape index (κ1) is 42.4. The van der Waals surface area contributed by atoms with Gasteiger partial charge in [-0.1, -0.05) is 158 Å². The Balaban J connectivity index is 0.863. The van der Waals surface area contributed by atoms with Crippen LogP contribution in [0.4, 0.5) is 51.2 Å². The predicted octanol–water partition coefficient (Wildman–Crippen LogP) is 19.5. The molecule has 0 N–H and O–H groups in total. The van der Waals surface area contributed by atoms with Gasteiger partial charge in [0, 0.05) is 71.4 Å². The number of hydrogen-bond acceptors (Lipinski definition) is 4. The lowest BCUT2D eigenvalue weighted by molar-refractivity contribution is 1.28. The van der Waals surface area contributed by atoms with Gasteiger partial charge in [0.15, 0.2) is 0 Å². The van der Waals surface area contributed by atoms with Gasteiger partial charge in [-0.2, -0.15) is 0 Å². The Hall–Kier alpha value is -8.96. The molecule has 1 aromatic heterocycles. The van der Waals surface area contributed by atoms with Crippen LogP contribution in [0.1, 0.15) is 0 Å². The van der Waals surface area contributed by atoms with Crippen molar-refractivity contribution in [1.82, 2.24) is 0 Å². The number of thiophene rings is 1. The van der Waals surface area contributed by atoms with E-state index >= 15 is 0 Å². The van der Waals surface area contributed by atoms with E-state index in [2.05, 4.69) is 300 Å². The summed E-state index contributed by atoms with van der Waals surface area (Å²) >= 11 is 1.86. The molecule has 0 aliphatic rings. The Morgan fingerprint density at radius 2 is 0.429 bits per heavy atom. The Morgan fingerprint density at radius 1 is 0.186 bits per heavy atom. The van der Waals surface area contributed by atoms with Crippen molar-refractivity contribution < 1.29 is 0 Å². The summed E-state index contributed by atoms with van der Waals surface area (Å²) in [5.74, 6) is 0. The molecule has 70 heavy (non-hydrogen) atoms. The zero-order chi connectivity index (χ0) is 46.6. The van der Waals surface area contributed by atoms with Gasteiger partial charge in [-0.25, -0.2) is 0 Å². The highest BCUT2D eigenvalue weighted by Gasteiger charge is 2.17. The molecule has 0 saturated heterocycles. The SMILES string of the molecule is c1ccc(N(c2ccccc2)c2ccc(-c3ccc(N(c4ccc(-c5ccc(N(c6ccccc6)c6ccccc6)cc5)cc4)c4ccc(-c5ccc6sc7ccccc7c6c5)cc4)cc3)cc2)cc1. The van der Waals surface area contributed by atoms with E-state index in [0.717, 1.165) is 73.4 Å². The summed E-state index contributed by atoms with van der Waals surface area (Å²) < 4.78 is 2.64. The van der Waals surface area contributed by atoms with Crippen LogP contribution in [-0.4, -0.2) is 0 Å². The van der Waals surface area contributed by atoms with Gasteiger partial charge in [0.05, 0.1) is 0 Å². The van der Waals surface area contributed by atoms with Gasteiger partial charge < -0.3 is 14.7 Å². The van der Waals surface area contributed by atoms with Gasteiger partial charge >= 0.3 is 0 Å². The van der Waals surface area contributed by atoms with Crippen molar-refractivity contribution in [2.75, 3.05) is 14.7 Å². The van der Waals surface area contributed by atoms with Crippen LogP contribution in [0.15, 0.2) is 285 Å². The van der Waals surface area contributed by atoms with E-state index in [4.69, 9.17) is 0 Å². The van der Waals surface area contributed by atoms with E-state index in [0.29, 0.717) is 0 Å². The molecular weight excluding hydrogens is 867 g/mol. The van der Waals surface area contributed by atoms with Crippen molar-refractivity contribution in [2.45, 2.75) is 0 Å². The predicted molar refractivity (Wildman–Crippen MR) is 300 cm³/mol. The first-order valence-corrected chi connectivity index (χ1v) is 24.6. The van der Waals surface area contributed by atoms with Gasteiger partial charge in [-0.3, -0.25) is 0 Å². The number of fused-ring (bicyclic) bond motifs is 3. The van der Waals surface area contributed by atoms with E-state index in [1.54, 1.807) is 0 Å². The highest BCUT2D eigenvalue weighted by molar-refractivity contribution is 7.25. The van der Waals surface area contributed by atoms with Gasteiger partial charge in [-0.15, -0.1) is 11.3 Å². The Morgan fingerprint density at radius 3 is 0.757 bits per heavy atom. The molecule has 11 aromatic carbocycles. The fourth-order valence-electron chi connectivity index (χ4n) is 9.57. The molecule has 0 atom stereocenters. The third-order valence-electron chi connectivity index (χ3n) is 13.1. The first-order valence-electron chi connectivity index (χ1n) is 23.7. The van der Waals surface area contributed by atoms with E-state index in [9.17, 15) is 0 Å². The maximum absolute atomic E-state index is 2.36. The second kappa shape index (κ2) is 19.0.